The first-order chi connectivity index (χ1) is 10.5. The Morgan fingerprint density at radius 2 is 2.32 bits per heavy atom. The first-order valence-electron chi connectivity index (χ1n) is 7.41. The van der Waals surface area contributed by atoms with Crippen molar-refractivity contribution in [3.05, 3.63) is 22.4 Å². The molecule has 22 heavy (non-hydrogen) atoms. The third-order valence-electron chi connectivity index (χ3n) is 3.86. The van der Waals surface area contributed by atoms with Crippen molar-refractivity contribution in [3.8, 4) is 6.07 Å². The fourth-order valence-electron chi connectivity index (χ4n) is 2.50. The van der Waals surface area contributed by atoms with Gasteiger partial charge in [-0.15, -0.1) is 11.3 Å². The maximum Gasteiger partial charge on any atom is 0.315 e. The van der Waals surface area contributed by atoms with Crippen LogP contribution < -0.4 is 10.6 Å². The van der Waals surface area contributed by atoms with E-state index in [-0.39, 0.29) is 18.6 Å². The van der Waals surface area contributed by atoms with Crippen molar-refractivity contribution in [1.82, 2.24) is 15.5 Å². The average molecular weight is 322 g/mol. The van der Waals surface area contributed by atoms with Gasteiger partial charge in [0.15, 0.2) is 0 Å². The van der Waals surface area contributed by atoms with Crippen LogP contribution in [0.25, 0.3) is 0 Å². The molecule has 1 atom stereocenters. The fraction of sp³-hybridized carbons (Fsp3) is 0.600. The summed E-state index contributed by atoms with van der Waals surface area (Å²) in [6.45, 7) is 3.96. The number of nitriles is 1. The molecule has 120 valence electrons. The minimum absolute atomic E-state index is 0.127. The Kier molecular flexibility index (Phi) is 5.77. The van der Waals surface area contributed by atoms with E-state index in [1.54, 1.807) is 6.92 Å². The lowest BCUT2D eigenvalue weighted by Gasteiger charge is -2.31. The van der Waals surface area contributed by atoms with Crippen LogP contribution in [0.3, 0.4) is 0 Å². The number of aliphatic hydroxyl groups is 1. The van der Waals surface area contributed by atoms with Gasteiger partial charge in [-0.2, -0.15) is 5.26 Å². The number of amides is 2. The second kappa shape index (κ2) is 7.58. The van der Waals surface area contributed by atoms with Crippen molar-refractivity contribution < 1.29 is 9.90 Å². The molecular formula is C15H22N4O2S. The van der Waals surface area contributed by atoms with Gasteiger partial charge in [-0.25, -0.2) is 4.79 Å². The van der Waals surface area contributed by atoms with Crippen LogP contribution >= 0.6 is 11.3 Å². The van der Waals surface area contributed by atoms with Crippen LogP contribution in [0.15, 0.2) is 17.5 Å². The number of urea groups is 1. The van der Waals surface area contributed by atoms with Crippen LogP contribution in [-0.2, 0) is 5.60 Å². The summed E-state index contributed by atoms with van der Waals surface area (Å²) in [4.78, 5) is 14.9. The highest BCUT2D eigenvalue weighted by Crippen LogP contribution is 2.24. The average Bonchev–Trinajstić information content (AvgIpc) is 3.03. The number of piperidine rings is 1. The van der Waals surface area contributed by atoms with E-state index >= 15 is 0 Å². The summed E-state index contributed by atoms with van der Waals surface area (Å²) in [6.07, 6.45) is 1.69. The molecule has 1 aliphatic rings. The van der Waals surface area contributed by atoms with Crippen LogP contribution in [-0.4, -0.2) is 48.3 Å². The second-order valence-electron chi connectivity index (χ2n) is 5.79. The van der Waals surface area contributed by atoms with Crippen molar-refractivity contribution >= 4 is 17.4 Å². The number of rotatable bonds is 5. The summed E-state index contributed by atoms with van der Waals surface area (Å²) in [5.41, 5.74) is -1.05. The normalized spacial score (nSPS) is 19.1. The largest absolute Gasteiger partial charge is 0.383 e. The summed E-state index contributed by atoms with van der Waals surface area (Å²) in [5, 5.41) is 26.6. The van der Waals surface area contributed by atoms with Crippen LogP contribution in [0, 0.1) is 11.3 Å². The molecule has 1 fully saturated rings. The van der Waals surface area contributed by atoms with Gasteiger partial charge in [0.25, 0.3) is 0 Å². The van der Waals surface area contributed by atoms with Gasteiger partial charge in [-0.05, 0) is 31.2 Å². The molecule has 0 aromatic carbocycles. The maximum absolute atomic E-state index is 11.9. The third kappa shape index (κ3) is 4.70. The molecule has 3 N–H and O–H groups in total. The summed E-state index contributed by atoms with van der Waals surface area (Å²) in [6, 6.07) is 5.75. The number of thiophene rings is 1. The van der Waals surface area contributed by atoms with E-state index in [4.69, 9.17) is 5.26 Å². The van der Waals surface area contributed by atoms with E-state index < -0.39 is 5.60 Å². The van der Waals surface area contributed by atoms with Crippen molar-refractivity contribution in [2.45, 2.75) is 31.4 Å². The number of nitrogens with one attached hydrogen (secondary N) is 2. The van der Waals surface area contributed by atoms with Gasteiger partial charge in [-0.3, -0.25) is 4.90 Å². The fourth-order valence-corrected chi connectivity index (χ4v) is 3.28. The molecular weight excluding hydrogens is 300 g/mol. The number of likely N-dealkylation sites (tertiary alicyclic amines) is 1. The predicted octanol–water partition coefficient (Wildman–Crippen LogP) is 1.24. The minimum Gasteiger partial charge on any atom is -0.383 e. The van der Waals surface area contributed by atoms with Crippen molar-refractivity contribution in [2.24, 2.45) is 0 Å². The number of hydrogen-bond donors (Lipinski definition) is 3. The van der Waals surface area contributed by atoms with Gasteiger partial charge in [0.2, 0.25) is 0 Å². The second-order valence-corrected chi connectivity index (χ2v) is 6.73. The highest BCUT2D eigenvalue weighted by atomic mass is 32.1. The highest BCUT2D eigenvalue weighted by molar-refractivity contribution is 7.10. The number of carbonyl (C=O) groups excluding carboxylic acids is 1. The Morgan fingerprint density at radius 3 is 2.91 bits per heavy atom. The number of carbonyl (C=O) groups is 1. The Morgan fingerprint density at radius 1 is 1.59 bits per heavy atom. The molecule has 6 nitrogen and oxygen atoms in total. The van der Waals surface area contributed by atoms with Crippen LogP contribution in [0.5, 0.6) is 0 Å². The van der Waals surface area contributed by atoms with E-state index in [1.165, 1.54) is 11.3 Å². The smallest absolute Gasteiger partial charge is 0.315 e. The zero-order chi connectivity index (χ0) is 16.0. The summed E-state index contributed by atoms with van der Waals surface area (Å²) < 4.78 is 0. The van der Waals surface area contributed by atoms with E-state index in [1.807, 2.05) is 17.5 Å². The summed E-state index contributed by atoms with van der Waals surface area (Å²) in [7, 11) is 0. The van der Waals surface area contributed by atoms with Gasteiger partial charge in [0.1, 0.15) is 5.60 Å². The molecule has 2 rings (SSSR count). The SMILES string of the molecule is CC(O)(CNC(=O)NC1CCN(CC#N)CC1)c1cccs1. The standard InChI is InChI=1S/C15H22N4O2S/c1-15(21,13-3-2-10-22-13)11-17-14(20)18-12-4-7-19(8-5-12)9-6-16/h2-3,10,12,21H,4-5,7-9,11H2,1H3,(H2,17,18,20). The molecule has 1 unspecified atom stereocenters. The van der Waals surface area contributed by atoms with Crippen molar-refractivity contribution in [3.63, 3.8) is 0 Å². The first kappa shape index (κ1) is 16.7. The lowest BCUT2D eigenvalue weighted by molar-refractivity contribution is 0.0628. The highest BCUT2D eigenvalue weighted by Gasteiger charge is 2.26. The lowest BCUT2D eigenvalue weighted by atomic mass is 10.0. The Labute approximate surface area is 134 Å². The van der Waals surface area contributed by atoms with Crippen LogP contribution in [0.2, 0.25) is 0 Å². The zero-order valence-corrected chi connectivity index (χ0v) is 13.5. The monoisotopic (exact) mass is 322 g/mol. The Bertz CT molecular complexity index is 516. The van der Waals surface area contributed by atoms with Crippen LogP contribution in [0.1, 0.15) is 24.6 Å². The third-order valence-corrected chi connectivity index (χ3v) is 4.99. The molecule has 0 saturated carbocycles. The van der Waals surface area contributed by atoms with Gasteiger partial charge >= 0.3 is 6.03 Å². The van der Waals surface area contributed by atoms with E-state index in [9.17, 15) is 9.90 Å². The summed E-state index contributed by atoms with van der Waals surface area (Å²) in [5.74, 6) is 0. The first-order valence-corrected chi connectivity index (χ1v) is 8.29. The predicted molar refractivity (Wildman–Crippen MR) is 85.5 cm³/mol. The molecule has 1 aliphatic heterocycles. The molecule has 0 radical (unpaired) electrons. The minimum atomic E-state index is -1.05. The molecule has 1 aromatic heterocycles. The quantitative estimate of drug-likeness (QED) is 0.712. The summed E-state index contributed by atoms with van der Waals surface area (Å²) >= 11 is 1.47. The molecule has 1 aromatic rings. The molecule has 2 amide bonds. The van der Waals surface area contributed by atoms with E-state index in [0.717, 1.165) is 30.8 Å². The molecule has 2 heterocycles. The van der Waals surface area contributed by atoms with Crippen molar-refractivity contribution in [2.75, 3.05) is 26.2 Å². The number of hydrogen-bond acceptors (Lipinski definition) is 5. The molecule has 0 bridgehead atoms. The van der Waals surface area contributed by atoms with E-state index in [2.05, 4.69) is 21.6 Å². The Balaban J connectivity index is 1.72. The molecule has 0 aliphatic carbocycles. The molecule has 0 spiro atoms. The molecule has 7 heteroatoms. The lowest BCUT2D eigenvalue weighted by Crippen LogP contribution is -2.50. The van der Waals surface area contributed by atoms with Gasteiger partial charge in [-0.1, -0.05) is 6.07 Å². The molecule has 1 saturated heterocycles. The van der Waals surface area contributed by atoms with Crippen LogP contribution in [0.4, 0.5) is 4.79 Å². The zero-order valence-electron chi connectivity index (χ0n) is 12.7. The maximum atomic E-state index is 11.9. The van der Waals surface area contributed by atoms with Crippen molar-refractivity contribution in [1.29, 1.82) is 5.26 Å². The number of nitrogens with zero attached hydrogens (tertiary/aromatic N) is 2. The van der Waals surface area contributed by atoms with E-state index in [0.29, 0.717) is 6.54 Å². The topological polar surface area (TPSA) is 88.4 Å². The van der Waals surface area contributed by atoms with Gasteiger partial charge < -0.3 is 15.7 Å². The van der Waals surface area contributed by atoms with Gasteiger partial charge in [0.05, 0.1) is 19.2 Å². The van der Waals surface area contributed by atoms with Gasteiger partial charge in [0, 0.05) is 24.0 Å². The Hall–Kier alpha value is -1.62.